The molecule has 0 aliphatic carbocycles. The largest absolute Gasteiger partial charge is 0.356 e. The van der Waals surface area contributed by atoms with Gasteiger partial charge in [0.2, 0.25) is 5.95 Å². The van der Waals surface area contributed by atoms with Crippen LogP contribution in [0.15, 0.2) is 12.4 Å². The molecular formula is C9H16ClN3. The molecule has 13 heavy (non-hydrogen) atoms. The van der Waals surface area contributed by atoms with E-state index in [0.717, 1.165) is 25.5 Å². The number of hydrogen-bond donors (Lipinski definition) is 1. The number of aromatic nitrogens is 2. The average molecular weight is 202 g/mol. The van der Waals surface area contributed by atoms with Crippen molar-refractivity contribution in [2.45, 2.75) is 32.2 Å². The Hall–Kier alpha value is -0.700. The van der Waals surface area contributed by atoms with Crippen LogP contribution in [0.3, 0.4) is 0 Å². The normalized spacial score (nSPS) is 12.8. The van der Waals surface area contributed by atoms with Crippen LogP contribution in [0.4, 0.5) is 5.95 Å². The molecule has 0 radical (unpaired) electrons. The number of alkyl halides is 1. The summed E-state index contributed by atoms with van der Waals surface area (Å²) >= 11 is 5.82. The molecule has 0 saturated carbocycles. The quantitative estimate of drug-likeness (QED) is 0.742. The van der Waals surface area contributed by atoms with Crippen molar-refractivity contribution < 1.29 is 0 Å². The van der Waals surface area contributed by atoms with Crippen LogP contribution < -0.4 is 5.32 Å². The number of nitrogens with zero attached hydrogens (tertiary/aromatic N) is 2. The minimum absolute atomic E-state index is 0.220. The Morgan fingerprint density at radius 2 is 2.46 bits per heavy atom. The second-order valence-corrected chi connectivity index (χ2v) is 3.78. The number of nitrogens with one attached hydrogen (secondary N) is 1. The van der Waals surface area contributed by atoms with E-state index in [1.165, 1.54) is 0 Å². The third-order valence-corrected chi connectivity index (χ3v) is 2.10. The predicted molar refractivity (Wildman–Crippen MR) is 56.3 cm³/mol. The van der Waals surface area contributed by atoms with E-state index in [1.807, 2.05) is 13.1 Å². The van der Waals surface area contributed by atoms with Gasteiger partial charge >= 0.3 is 0 Å². The van der Waals surface area contributed by atoms with Crippen molar-refractivity contribution in [1.29, 1.82) is 0 Å². The molecule has 0 aromatic carbocycles. The highest BCUT2D eigenvalue weighted by atomic mass is 35.5. The van der Waals surface area contributed by atoms with Crippen LogP contribution in [-0.2, 0) is 6.54 Å². The van der Waals surface area contributed by atoms with Crippen molar-refractivity contribution in [2.24, 2.45) is 0 Å². The average Bonchev–Trinajstić information content (AvgIpc) is 2.51. The first-order chi connectivity index (χ1) is 6.24. The van der Waals surface area contributed by atoms with Crippen molar-refractivity contribution in [2.75, 3.05) is 11.9 Å². The minimum Gasteiger partial charge on any atom is -0.356 e. The molecule has 1 atom stereocenters. The predicted octanol–water partition coefficient (Wildman–Crippen LogP) is 2.33. The second kappa shape index (κ2) is 5.12. The third kappa shape index (κ3) is 3.27. The van der Waals surface area contributed by atoms with Crippen molar-refractivity contribution in [3.05, 3.63) is 12.4 Å². The van der Waals surface area contributed by atoms with Gasteiger partial charge in [-0.1, -0.05) is 0 Å². The van der Waals surface area contributed by atoms with Gasteiger partial charge in [0.1, 0.15) is 0 Å². The van der Waals surface area contributed by atoms with E-state index in [-0.39, 0.29) is 5.38 Å². The minimum atomic E-state index is 0.220. The zero-order valence-electron chi connectivity index (χ0n) is 8.13. The molecule has 1 aromatic rings. The van der Waals surface area contributed by atoms with Gasteiger partial charge in [0.25, 0.3) is 0 Å². The number of imidazole rings is 1. The Morgan fingerprint density at radius 1 is 1.69 bits per heavy atom. The summed E-state index contributed by atoms with van der Waals surface area (Å²) in [5.74, 6) is 0.930. The van der Waals surface area contributed by atoms with Crippen LogP contribution in [0.2, 0.25) is 0 Å². The van der Waals surface area contributed by atoms with Gasteiger partial charge in [0, 0.05) is 30.9 Å². The van der Waals surface area contributed by atoms with E-state index in [1.54, 1.807) is 6.20 Å². The highest BCUT2D eigenvalue weighted by molar-refractivity contribution is 6.20. The van der Waals surface area contributed by atoms with Gasteiger partial charge in [0.05, 0.1) is 0 Å². The molecule has 1 aromatic heterocycles. The Bertz CT molecular complexity index is 245. The Morgan fingerprint density at radius 3 is 3.08 bits per heavy atom. The van der Waals surface area contributed by atoms with Gasteiger partial charge in [-0.05, 0) is 20.3 Å². The van der Waals surface area contributed by atoms with Gasteiger partial charge < -0.3 is 9.88 Å². The lowest BCUT2D eigenvalue weighted by Crippen LogP contribution is -2.10. The fourth-order valence-corrected chi connectivity index (χ4v) is 1.22. The smallest absolute Gasteiger partial charge is 0.202 e. The molecule has 74 valence electrons. The maximum atomic E-state index is 5.82. The number of hydrogen-bond acceptors (Lipinski definition) is 2. The lowest BCUT2D eigenvalue weighted by molar-refractivity contribution is 0.752. The molecule has 3 nitrogen and oxygen atoms in total. The molecule has 4 heteroatoms. The summed E-state index contributed by atoms with van der Waals surface area (Å²) in [5.41, 5.74) is 0. The van der Waals surface area contributed by atoms with E-state index in [0.29, 0.717) is 0 Å². The summed E-state index contributed by atoms with van der Waals surface area (Å²) in [6, 6.07) is 0. The molecule has 1 rings (SSSR count). The van der Waals surface area contributed by atoms with Gasteiger partial charge in [0.15, 0.2) is 0 Å². The standard InChI is InChI=1S/C9H16ClN3/c1-3-13-7-6-12-9(13)11-5-4-8(2)10/h6-8H,3-5H2,1-2H3,(H,11,12). The molecule has 1 heterocycles. The Kier molecular flexibility index (Phi) is 4.09. The number of halogens is 1. The highest BCUT2D eigenvalue weighted by Gasteiger charge is 2.00. The molecule has 0 aliphatic heterocycles. The maximum absolute atomic E-state index is 5.82. The molecule has 1 N–H and O–H groups in total. The summed E-state index contributed by atoms with van der Waals surface area (Å²) < 4.78 is 2.07. The number of rotatable bonds is 5. The first-order valence-electron chi connectivity index (χ1n) is 4.63. The lowest BCUT2D eigenvalue weighted by atomic mass is 10.3. The number of anilines is 1. The van der Waals surface area contributed by atoms with Crippen LogP contribution in [0.5, 0.6) is 0 Å². The molecular weight excluding hydrogens is 186 g/mol. The zero-order chi connectivity index (χ0) is 9.68. The zero-order valence-corrected chi connectivity index (χ0v) is 8.88. The molecule has 0 fully saturated rings. The molecule has 0 aliphatic rings. The maximum Gasteiger partial charge on any atom is 0.202 e. The van der Waals surface area contributed by atoms with Gasteiger partial charge in [-0.15, -0.1) is 11.6 Å². The summed E-state index contributed by atoms with van der Waals surface area (Å²) in [4.78, 5) is 4.19. The van der Waals surface area contributed by atoms with Crippen molar-refractivity contribution >= 4 is 17.5 Å². The highest BCUT2D eigenvalue weighted by Crippen LogP contribution is 2.05. The lowest BCUT2D eigenvalue weighted by Gasteiger charge is -2.08. The van der Waals surface area contributed by atoms with Gasteiger partial charge in [-0.2, -0.15) is 0 Å². The van der Waals surface area contributed by atoms with Gasteiger partial charge in [-0.3, -0.25) is 0 Å². The van der Waals surface area contributed by atoms with E-state index in [2.05, 4.69) is 21.8 Å². The van der Waals surface area contributed by atoms with E-state index < -0.39 is 0 Å². The molecule has 1 unspecified atom stereocenters. The van der Waals surface area contributed by atoms with Crippen molar-refractivity contribution in [3.8, 4) is 0 Å². The van der Waals surface area contributed by atoms with Crippen LogP contribution in [0.1, 0.15) is 20.3 Å². The van der Waals surface area contributed by atoms with Crippen LogP contribution >= 0.6 is 11.6 Å². The summed E-state index contributed by atoms with van der Waals surface area (Å²) in [6.45, 7) is 5.91. The van der Waals surface area contributed by atoms with Crippen molar-refractivity contribution in [1.82, 2.24) is 9.55 Å². The van der Waals surface area contributed by atoms with Crippen molar-refractivity contribution in [3.63, 3.8) is 0 Å². The third-order valence-electron chi connectivity index (χ3n) is 1.88. The molecule has 0 spiro atoms. The monoisotopic (exact) mass is 201 g/mol. The summed E-state index contributed by atoms with van der Waals surface area (Å²) in [5, 5.41) is 3.46. The van der Waals surface area contributed by atoms with Crippen LogP contribution in [0, 0.1) is 0 Å². The van der Waals surface area contributed by atoms with E-state index >= 15 is 0 Å². The van der Waals surface area contributed by atoms with Crippen LogP contribution in [-0.4, -0.2) is 21.5 Å². The Balaban J connectivity index is 2.36. The van der Waals surface area contributed by atoms with E-state index in [9.17, 15) is 0 Å². The first-order valence-corrected chi connectivity index (χ1v) is 5.06. The second-order valence-electron chi connectivity index (χ2n) is 3.03. The molecule has 0 amide bonds. The fourth-order valence-electron chi connectivity index (χ4n) is 1.11. The summed E-state index contributed by atoms with van der Waals surface area (Å²) in [7, 11) is 0. The summed E-state index contributed by atoms with van der Waals surface area (Å²) in [6.07, 6.45) is 4.72. The van der Waals surface area contributed by atoms with E-state index in [4.69, 9.17) is 11.6 Å². The SMILES string of the molecule is CCn1ccnc1NCCC(C)Cl. The topological polar surface area (TPSA) is 29.9 Å². The molecule has 0 saturated heterocycles. The first kappa shape index (κ1) is 10.4. The van der Waals surface area contributed by atoms with Crippen LogP contribution in [0.25, 0.3) is 0 Å². The van der Waals surface area contributed by atoms with Gasteiger partial charge in [-0.25, -0.2) is 4.98 Å². The molecule has 0 bridgehead atoms. The number of aryl methyl sites for hydroxylation is 1. The fraction of sp³-hybridized carbons (Fsp3) is 0.667. The Labute approximate surface area is 84.1 Å².